The average Bonchev–Trinajstić information content (AvgIpc) is 2.46. The van der Waals surface area contributed by atoms with Crippen LogP contribution in [0.3, 0.4) is 0 Å². The lowest BCUT2D eigenvalue weighted by Gasteiger charge is -2.27. The van der Waals surface area contributed by atoms with Crippen LogP contribution in [-0.2, 0) is 12.8 Å². The summed E-state index contributed by atoms with van der Waals surface area (Å²) < 4.78 is 0. The Kier molecular flexibility index (Phi) is 5.18. The van der Waals surface area contributed by atoms with E-state index in [4.69, 9.17) is 5.11 Å². The number of carbonyl (C=O) groups excluding carboxylic acids is 1. The van der Waals surface area contributed by atoms with Crippen LogP contribution in [0.2, 0.25) is 0 Å². The molecule has 0 radical (unpaired) electrons. The van der Waals surface area contributed by atoms with Crippen molar-refractivity contribution in [1.82, 2.24) is 4.90 Å². The first-order valence-electron chi connectivity index (χ1n) is 7.67. The highest BCUT2D eigenvalue weighted by Crippen LogP contribution is 2.23. The number of aryl methyl sites for hydroxylation is 2. The minimum Gasteiger partial charge on any atom is -0.396 e. The monoisotopic (exact) mass is 275 g/mol. The molecule has 0 spiro atoms. The molecule has 0 aliphatic heterocycles. The van der Waals surface area contributed by atoms with Crippen molar-refractivity contribution in [2.24, 2.45) is 0 Å². The van der Waals surface area contributed by atoms with E-state index in [2.05, 4.69) is 12.1 Å². The van der Waals surface area contributed by atoms with Gasteiger partial charge in [0, 0.05) is 24.8 Å². The van der Waals surface area contributed by atoms with Crippen molar-refractivity contribution in [2.45, 2.75) is 52.0 Å². The van der Waals surface area contributed by atoms with E-state index in [1.165, 1.54) is 24.0 Å². The van der Waals surface area contributed by atoms with Crippen molar-refractivity contribution in [2.75, 3.05) is 13.2 Å². The Morgan fingerprint density at radius 1 is 1.25 bits per heavy atom. The average molecular weight is 275 g/mol. The summed E-state index contributed by atoms with van der Waals surface area (Å²) in [5, 5.41) is 8.97. The zero-order valence-corrected chi connectivity index (χ0v) is 12.6. The molecule has 1 aromatic rings. The molecule has 1 aromatic carbocycles. The molecule has 0 bridgehead atoms. The minimum atomic E-state index is 0.0850. The van der Waals surface area contributed by atoms with Crippen molar-refractivity contribution >= 4 is 5.91 Å². The SMILES string of the molecule is CC(C)N(CCCO)C(=O)c1ccc2c(c1)CCCC2. The molecule has 0 fully saturated rings. The van der Waals surface area contributed by atoms with Gasteiger partial charge in [-0.25, -0.2) is 0 Å². The first-order chi connectivity index (χ1) is 9.63. The van der Waals surface area contributed by atoms with Crippen LogP contribution in [0.25, 0.3) is 0 Å². The van der Waals surface area contributed by atoms with Gasteiger partial charge in [-0.2, -0.15) is 0 Å². The number of benzene rings is 1. The Balaban J connectivity index is 2.18. The molecular weight excluding hydrogens is 250 g/mol. The molecule has 0 saturated carbocycles. The van der Waals surface area contributed by atoms with Gasteiger partial charge < -0.3 is 10.0 Å². The summed E-state index contributed by atoms with van der Waals surface area (Å²) in [5.41, 5.74) is 3.53. The molecular formula is C17H25NO2. The molecule has 0 atom stereocenters. The van der Waals surface area contributed by atoms with E-state index in [0.717, 1.165) is 18.4 Å². The smallest absolute Gasteiger partial charge is 0.254 e. The lowest BCUT2D eigenvalue weighted by atomic mass is 9.90. The van der Waals surface area contributed by atoms with Crippen molar-refractivity contribution in [3.05, 3.63) is 34.9 Å². The highest BCUT2D eigenvalue weighted by molar-refractivity contribution is 5.94. The molecule has 1 amide bonds. The maximum absolute atomic E-state index is 12.6. The molecule has 0 aromatic heterocycles. The first kappa shape index (κ1) is 15.0. The lowest BCUT2D eigenvalue weighted by molar-refractivity contribution is 0.0693. The predicted molar refractivity (Wildman–Crippen MR) is 81.0 cm³/mol. The number of hydrogen-bond acceptors (Lipinski definition) is 2. The van der Waals surface area contributed by atoms with E-state index in [1.807, 2.05) is 24.8 Å². The fourth-order valence-electron chi connectivity index (χ4n) is 2.87. The molecule has 1 aliphatic carbocycles. The minimum absolute atomic E-state index is 0.0850. The molecule has 1 N–H and O–H groups in total. The van der Waals surface area contributed by atoms with Crippen LogP contribution in [0, 0.1) is 0 Å². The molecule has 0 saturated heterocycles. The number of hydrogen-bond donors (Lipinski definition) is 1. The van der Waals surface area contributed by atoms with E-state index in [0.29, 0.717) is 13.0 Å². The molecule has 2 rings (SSSR count). The highest BCUT2D eigenvalue weighted by Gasteiger charge is 2.20. The highest BCUT2D eigenvalue weighted by atomic mass is 16.3. The van der Waals surface area contributed by atoms with E-state index >= 15 is 0 Å². The normalized spacial score (nSPS) is 14.2. The molecule has 20 heavy (non-hydrogen) atoms. The number of fused-ring (bicyclic) bond motifs is 1. The van der Waals surface area contributed by atoms with Gasteiger partial charge in [-0.05, 0) is 69.2 Å². The van der Waals surface area contributed by atoms with Gasteiger partial charge in [-0.3, -0.25) is 4.79 Å². The third-order valence-corrected chi connectivity index (χ3v) is 4.04. The van der Waals surface area contributed by atoms with Gasteiger partial charge in [-0.1, -0.05) is 6.07 Å². The van der Waals surface area contributed by atoms with Crippen LogP contribution < -0.4 is 0 Å². The molecule has 0 unspecified atom stereocenters. The largest absolute Gasteiger partial charge is 0.396 e. The topological polar surface area (TPSA) is 40.5 Å². The first-order valence-corrected chi connectivity index (χ1v) is 7.67. The Morgan fingerprint density at radius 3 is 2.60 bits per heavy atom. The van der Waals surface area contributed by atoms with Crippen molar-refractivity contribution < 1.29 is 9.90 Å². The van der Waals surface area contributed by atoms with Crippen LogP contribution in [-0.4, -0.2) is 35.1 Å². The lowest BCUT2D eigenvalue weighted by Crippen LogP contribution is -2.38. The quantitative estimate of drug-likeness (QED) is 0.897. The summed E-state index contributed by atoms with van der Waals surface area (Å²) in [5.74, 6) is 0.0850. The zero-order chi connectivity index (χ0) is 14.5. The van der Waals surface area contributed by atoms with Gasteiger partial charge in [0.05, 0.1) is 0 Å². The fourth-order valence-corrected chi connectivity index (χ4v) is 2.87. The van der Waals surface area contributed by atoms with Crippen LogP contribution in [0.1, 0.15) is 54.6 Å². The van der Waals surface area contributed by atoms with Crippen molar-refractivity contribution in [3.63, 3.8) is 0 Å². The third-order valence-electron chi connectivity index (χ3n) is 4.04. The molecule has 110 valence electrons. The Hall–Kier alpha value is -1.35. The standard InChI is InChI=1S/C17H25NO2/c1-13(2)18(10-5-11-19)17(20)16-9-8-14-6-3-4-7-15(14)12-16/h8-9,12-13,19H,3-7,10-11H2,1-2H3. The fraction of sp³-hybridized carbons (Fsp3) is 0.588. The number of amides is 1. The maximum Gasteiger partial charge on any atom is 0.254 e. The van der Waals surface area contributed by atoms with Crippen LogP contribution >= 0.6 is 0 Å². The third kappa shape index (κ3) is 3.40. The Labute approximate surface area is 121 Å². The molecule has 3 heteroatoms. The summed E-state index contributed by atoms with van der Waals surface area (Å²) in [4.78, 5) is 14.5. The van der Waals surface area contributed by atoms with E-state index in [9.17, 15) is 4.79 Å². The summed E-state index contributed by atoms with van der Waals surface area (Å²) >= 11 is 0. The second-order valence-electron chi connectivity index (χ2n) is 5.86. The molecule has 1 aliphatic rings. The Bertz CT molecular complexity index is 468. The summed E-state index contributed by atoms with van der Waals surface area (Å²) in [6, 6.07) is 6.31. The van der Waals surface area contributed by atoms with Crippen LogP contribution in [0.15, 0.2) is 18.2 Å². The number of nitrogens with zero attached hydrogens (tertiary/aromatic N) is 1. The summed E-state index contributed by atoms with van der Waals surface area (Å²) in [6.07, 6.45) is 5.35. The van der Waals surface area contributed by atoms with Gasteiger partial charge in [0.25, 0.3) is 5.91 Å². The zero-order valence-electron chi connectivity index (χ0n) is 12.6. The van der Waals surface area contributed by atoms with E-state index in [-0.39, 0.29) is 18.6 Å². The van der Waals surface area contributed by atoms with Gasteiger partial charge >= 0.3 is 0 Å². The van der Waals surface area contributed by atoms with Gasteiger partial charge in [-0.15, -0.1) is 0 Å². The van der Waals surface area contributed by atoms with Crippen LogP contribution in [0.4, 0.5) is 0 Å². The number of carbonyl (C=O) groups is 1. The van der Waals surface area contributed by atoms with Crippen molar-refractivity contribution in [1.29, 1.82) is 0 Å². The van der Waals surface area contributed by atoms with E-state index < -0.39 is 0 Å². The van der Waals surface area contributed by atoms with E-state index in [1.54, 1.807) is 0 Å². The van der Waals surface area contributed by atoms with Crippen LogP contribution in [0.5, 0.6) is 0 Å². The number of rotatable bonds is 5. The Morgan fingerprint density at radius 2 is 1.95 bits per heavy atom. The molecule has 0 heterocycles. The van der Waals surface area contributed by atoms with Gasteiger partial charge in [0.2, 0.25) is 0 Å². The second-order valence-corrected chi connectivity index (χ2v) is 5.86. The van der Waals surface area contributed by atoms with Crippen molar-refractivity contribution in [3.8, 4) is 0 Å². The predicted octanol–water partition coefficient (Wildman–Crippen LogP) is 2.80. The number of aliphatic hydroxyl groups is 1. The molecule has 3 nitrogen and oxygen atoms in total. The second kappa shape index (κ2) is 6.89. The number of aliphatic hydroxyl groups excluding tert-OH is 1. The van der Waals surface area contributed by atoms with Gasteiger partial charge in [0.15, 0.2) is 0 Å². The van der Waals surface area contributed by atoms with Gasteiger partial charge in [0.1, 0.15) is 0 Å². The summed E-state index contributed by atoms with van der Waals surface area (Å²) in [6.45, 7) is 4.78. The summed E-state index contributed by atoms with van der Waals surface area (Å²) in [7, 11) is 0. The maximum atomic E-state index is 12.6.